The van der Waals surface area contributed by atoms with Gasteiger partial charge in [0.25, 0.3) is 5.56 Å². The van der Waals surface area contributed by atoms with Gasteiger partial charge in [0.15, 0.2) is 5.78 Å². The molecular formula is C26H31N5O5S. The lowest BCUT2D eigenvalue weighted by molar-refractivity contribution is -0.118. The minimum Gasteiger partial charge on any atom is -0.444 e. The van der Waals surface area contributed by atoms with Gasteiger partial charge in [-0.3, -0.25) is 14.4 Å². The van der Waals surface area contributed by atoms with Crippen LogP contribution in [-0.4, -0.2) is 68.9 Å². The Morgan fingerprint density at radius 3 is 2.38 bits per heavy atom. The molecule has 0 saturated carbocycles. The fraction of sp³-hybridized carbons (Fsp3) is 0.462. The molecule has 196 valence electrons. The third kappa shape index (κ3) is 6.22. The summed E-state index contributed by atoms with van der Waals surface area (Å²) in [6, 6.07) is 6.73. The highest BCUT2D eigenvalue weighted by molar-refractivity contribution is 7.19. The molecule has 0 bridgehead atoms. The topological polar surface area (TPSA) is 114 Å². The van der Waals surface area contributed by atoms with Gasteiger partial charge in [-0.05, 0) is 51.5 Å². The zero-order valence-electron chi connectivity index (χ0n) is 21.7. The van der Waals surface area contributed by atoms with Gasteiger partial charge in [-0.2, -0.15) is 9.61 Å². The van der Waals surface area contributed by atoms with Crippen molar-refractivity contribution in [3.05, 3.63) is 45.7 Å². The average molecular weight is 526 g/mol. The van der Waals surface area contributed by atoms with Crippen LogP contribution in [0.4, 0.5) is 10.6 Å². The standard InChI is InChI=1S/C26H31N5O5S/c1-6-20(33)13-17-11-18(16(2)32)14-19(12-17)23-28-31-22(34)15-21(27-24(31)37-23)29-7-9-30(10-8-29)25(35)36-26(3,4)5/h11-12,14-15H,6-10,13H2,1-5H3. The van der Waals surface area contributed by atoms with E-state index in [1.807, 2.05) is 31.7 Å². The Morgan fingerprint density at radius 1 is 1.05 bits per heavy atom. The van der Waals surface area contributed by atoms with Crippen molar-refractivity contribution in [1.82, 2.24) is 19.5 Å². The molecule has 1 saturated heterocycles. The molecule has 3 heterocycles. The van der Waals surface area contributed by atoms with Crippen LogP contribution in [0, 0.1) is 0 Å². The number of benzene rings is 1. The number of hydrogen-bond acceptors (Lipinski definition) is 9. The van der Waals surface area contributed by atoms with Gasteiger partial charge in [-0.25, -0.2) is 9.78 Å². The van der Waals surface area contributed by atoms with E-state index in [1.54, 1.807) is 24.0 Å². The number of aromatic nitrogens is 3. The van der Waals surface area contributed by atoms with Gasteiger partial charge in [0.1, 0.15) is 22.2 Å². The second-order valence-corrected chi connectivity index (χ2v) is 11.0. The first-order valence-corrected chi connectivity index (χ1v) is 13.1. The minimum atomic E-state index is -0.560. The van der Waals surface area contributed by atoms with E-state index in [-0.39, 0.29) is 29.6 Å². The summed E-state index contributed by atoms with van der Waals surface area (Å²) in [7, 11) is 0. The highest BCUT2D eigenvalue weighted by Gasteiger charge is 2.27. The van der Waals surface area contributed by atoms with Crippen molar-refractivity contribution in [3.63, 3.8) is 0 Å². The Kier molecular flexibility index (Phi) is 7.44. The van der Waals surface area contributed by atoms with E-state index in [0.29, 0.717) is 59.5 Å². The summed E-state index contributed by atoms with van der Waals surface area (Å²) in [5.74, 6) is 0.484. The van der Waals surface area contributed by atoms with E-state index >= 15 is 0 Å². The predicted octanol–water partition coefficient (Wildman–Crippen LogP) is 3.60. The number of anilines is 1. The van der Waals surface area contributed by atoms with Crippen molar-refractivity contribution in [2.24, 2.45) is 0 Å². The highest BCUT2D eigenvalue weighted by Crippen LogP contribution is 2.28. The Bertz CT molecular complexity index is 1410. The van der Waals surface area contributed by atoms with Gasteiger partial charge >= 0.3 is 6.09 Å². The second kappa shape index (κ2) is 10.4. The van der Waals surface area contributed by atoms with Gasteiger partial charge in [-0.15, -0.1) is 0 Å². The molecule has 0 aliphatic carbocycles. The van der Waals surface area contributed by atoms with Crippen molar-refractivity contribution in [1.29, 1.82) is 0 Å². The van der Waals surface area contributed by atoms with Crippen LogP contribution in [-0.2, 0) is 16.0 Å². The van der Waals surface area contributed by atoms with Crippen molar-refractivity contribution in [2.75, 3.05) is 31.1 Å². The normalized spacial score (nSPS) is 14.2. The molecule has 37 heavy (non-hydrogen) atoms. The van der Waals surface area contributed by atoms with Crippen LogP contribution < -0.4 is 10.5 Å². The third-order valence-electron chi connectivity index (χ3n) is 5.93. The molecule has 1 aliphatic heterocycles. The zero-order chi connectivity index (χ0) is 26.9. The van der Waals surface area contributed by atoms with Crippen LogP contribution in [0.3, 0.4) is 0 Å². The number of ether oxygens (including phenoxy) is 1. The molecule has 11 heteroatoms. The van der Waals surface area contributed by atoms with E-state index < -0.39 is 5.60 Å². The monoisotopic (exact) mass is 525 g/mol. The molecule has 1 aromatic carbocycles. The summed E-state index contributed by atoms with van der Waals surface area (Å²) >= 11 is 1.24. The average Bonchev–Trinajstić information content (AvgIpc) is 3.28. The highest BCUT2D eigenvalue weighted by atomic mass is 32.1. The maximum absolute atomic E-state index is 12.9. The van der Waals surface area contributed by atoms with Gasteiger partial charge in [-0.1, -0.05) is 18.3 Å². The number of fused-ring (bicyclic) bond motifs is 1. The number of Topliss-reactive ketones (excluding diaryl/α,β-unsaturated/α-hetero) is 2. The molecule has 0 unspecified atom stereocenters. The number of nitrogens with zero attached hydrogens (tertiary/aromatic N) is 5. The Labute approximate surface area is 218 Å². The molecule has 0 spiro atoms. The molecule has 0 radical (unpaired) electrons. The summed E-state index contributed by atoms with van der Waals surface area (Å²) in [6.07, 6.45) is 0.290. The van der Waals surface area contributed by atoms with Crippen molar-refractivity contribution in [3.8, 4) is 10.6 Å². The molecule has 1 fully saturated rings. The fourth-order valence-corrected chi connectivity index (χ4v) is 4.88. The second-order valence-electron chi connectivity index (χ2n) is 10.1. The largest absolute Gasteiger partial charge is 0.444 e. The van der Waals surface area contributed by atoms with Gasteiger partial charge in [0.05, 0.1) is 0 Å². The summed E-state index contributed by atoms with van der Waals surface area (Å²) in [5, 5.41) is 4.99. The quantitative estimate of drug-likeness (QED) is 0.449. The molecule has 0 atom stereocenters. The lowest BCUT2D eigenvalue weighted by atomic mass is 9.99. The van der Waals surface area contributed by atoms with Gasteiger partial charge in [0, 0.05) is 56.2 Å². The number of rotatable bonds is 6. The number of carbonyl (C=O) groups is 3. The Hall–Kier alpha value is -3.60. The number of carbonyl (C=O) groups excluding carboxylic acids is 3. The summed E-state index contributed by atoms with van der Waals surface area (Å²) in [4.78, 5) is 58.1. The molecule has 2 aromatic heterocycles. The number of ketones is 2. The summed E-state index contributed by atoms with van der Waals surface area (Å²) in [5.41, 5.74) is 1.00. The molecule has 0 N–H and O–H groups in total. The fourth-order valence-electron chi connectivity index (χ4n) is 4.00. The summed E-state index contributed by atoms with van der Waals surface area (Å²) in [6.45, 7) is 10.7. The van der Waals surface area contributed by atoms with Crippen LogP contribution in [0.25, 0.3) is 15.5 Å². The smallest absolute Gasteiger partial charge is 0.410 e. The van der Waals surface area contributed by atoms with Crippen LogP contribution in [0.15, 0.2) is 29.1 Å². The maximum Gasteiger partial charge on any atom is 0.410 e. The number of amides is 1. The Balaban J connectivity index is 1.59. The third-order valence-corrected chi connectivity index (χ3v) is 6.89. The SMILES string of the molecule is CCC(=O)Cc1cc(C(C)=O)cc(-c2nn3c(=O)cc(N4CCN(C(=O)OC(C)(C)C)CC4)nc3s2)c1. The number of piperazine rings is 1. The molecule has 10 nitrogen and oxygen atoms in total. The first kappa shape index (κ1) is 26.5. The van der Waals surface area contributed by atoms with E-state index in [4.69, 9.17) is 4.74 Å². The van der Waals surface area contributed by atoms with E-state index in [1.165, 1.54) is 28.8 Å². The van der Waals surface area contributed by atoms with Crippen LogP contribution in [0.2, 0.25) is 0 Å². The molecule has 3 aromatic rings. The van der Waals surface area contributed by atoms with Gasteiger partial charge in [0.2, 0.25) is 4.96 Å². The Morgan fingerprint density at radius 2 is 1.76 bits per heavy atom. The molecular weight excluding hydrogens is 494 g/mol. The predicted molar refractivity (Wildman–Crippen MR) is 142 cm³/mol. The van der Waals surface area contributed by atoms with Crippen LogP contribution in [0.1, 0.15) is 57.0 Å². The molecule has 1 aliphatic rings. The van der Waals surface area contributed by atoms with Crippen LogP contribution in [0.5, 0.6) is 0 Å². The van der Waals surface area contributed by atoms with Crippen molar-refractivity contribution in [2.45, 2.75) is 53.1 Å². The number of hydrogen-bond donors (Lipinski definition) is 0. The molecule has 4 rings (SSSR count). The van der Waals surface area contributed by atoms with E-state index in [0.717, 1.165) is 5.56 Å². The van der Waals surface area contributed by atoms with Gasteiger partial charge < -0.3 is 14.5 Å². The zero-order valence-corrected chi connectivity index (χ0v) is 22.6. The lowest BCUT2D eigenvalue weighted by Gasteiger charge is -2.36. The lowest BCUT2D eigenvalue weighted by Crippen LogP contribution is -2.50. The molecule has 1 amide bonds. The van der Waals surface area contributed by atoms with Crippen LogP contribution >= 0.6 is 11.3 Å². The van der Waals surface area contributed by atoms with Crippen molar-refractivity contribution < 1.29 is 19.1 Å². The maximum atomic E-state index is 12.9. The van der Waals surface area contributed by atoms with E-state index in [2.05, 4.69) is 10.1 Å². The van der Waals surface area contributed by atoms with Crippen molar-refractivity contribution >= 4 is 39.8 Å². The van der Waals surface area contributed by atoms with E-state index in [9.17, 15) is 19.2 Å². The summed E-state index contributed by atoms with van der Waals surface area (Å²) < 4.78 is 6.70. The minimum absolute atomic E-state index is 0.0743. The first-order chi connectivity index (χ1) is 17.4. The first-order valence-electron chi connectivity index (χ1n) is 12.2.